The van der Waals surface area contributed by atoms with Gasteiger partial charge >= 0.3 is 0 Å². The van der Waals surface area contributed by atoms with Gasteiger partial charge in [-0.15, -0.1) is 0 Å². The van der Waals surface area contributed by atoms with Crippen molar-refractivity contribution in [1.82, 2.24) is 10.6 Å². The lowest BCUT2D eigenvalue weighted by Crippen LogP contribution is -2.41. The number of carbonyl (C=O) groups is 1. The molecule has 7 heteroatoms. The van der Waals surface area contributed by atoms with Gasteiger partial charge in [0.05, 0.1) is 19.1 Å². The maximum atomic E-state index is 12.9. The zero-order chi connectivity index (χ0) is 14.6. The summed E-state index contributed by atoms with van der Waals surface area (Å²) in [5.74, 6) is -2.65. The molecule has 1 saturated heterocycles. The lowest BCUT2D eigenvalue weighted by molar-refractivity contribution is -0.123. The third-order valence-electron chi connectivity index (χ3n) is 2.89. The van der Waals surface area contributed by atoms with Crippen molar-refractivity contribution in [3.05, 3.63) is 29.3 Å². The van der Waals surface area contributed by atoms with Gasteiger partial charge in [0.15, 0.2) is 0 Å². The minimum atomic E-state index is -2.81. The number of nitrogens with one attached hydrogen (secondary N) is 2. The van der Waals surface area contributed by atoms with Crippen molar-refractivity contribution in [2.75, 3.05) is 19.7 Å². The van der Waals surface area contributed by atoms with Gasteiger partial charge in [0, 0.05) is 11.4 Å². The number of rotatable bonds is 5. The Labute approximate surface area is 120 Å². The van der Waals surface area contributed by atoms with Crippen LogP contribution in [-0.4, -0.2) is 37.6 Å². The summed E-state index contributed by atoms with van der Waals surface area (Å²) in [5, 5.41) is 5.61. The Kier molecular flexibility index (Phi) is 4.77. The number of hydrogen-bond acceptors (Lipinski definition) is 3. The Hall–Kier alpha value is -1.40. The molecule has 1 fully saturated rings. The number of carbonyl (C=O) groups excluding carboxylic acids is 1. The molecule has 1 heterocycles. The fourth-order valence-corrected chi connectivity index (χ4v) is 2.10. The predicted molar refractivity (Wildman–Crippen MR) is 71.3 cm³/mol. The van der Waals surface area contributed by atoms with Gasteiger partial charge in [0.2, 0.25) is 5.91 Å². The quantitative estimate of drug-likeness (QED) is 0.816. The van der Waals surface area contributed by atoms with E-state index in [-0.39, 0.29) is 13.2 Å². The first-order valence-electron chi connectivity index (χ1n) is 6.24. The van der Waals surface area contributed by atoms with Crippen LogP contribution in [0.5, 0.6) is 5.75 Å². The summed E-state index contributed by atoms with van der Waals surface area (Å²) in [7, 11) is 0. The maximum Gasteiger partial charge on any atom is 0.262 e. The zero-order valence-electron chi connectivity index (χ0n) is 10.7. The molecule has 4 nitrogen and oxygen atoms in total. The molecule has 20 heavy (non-hydrogen) atoms. The number of hydrogen-bond donors (Lipinski definition) is 2. The molecule has 1 amide bonds. The van der Waals surface area contributed by atoms with Crippen LogP contribution < -0.4 is 15.4 Å². The van der Waals surface area contributed by atoms with Crippen molar-refractivity contribution < 1.29 is 18.3 Å². The van der Waals surface area contributed by atoms with Crippen molar-refractivity contribution in [3.63, 3.8) is 0 Å². The molecule has 1 unspecified atom stereocenters. The monoisotopic (exact) mass is 304 g/mol. The van der Waals surface area contributed by atoms with E-state index in [9.17, 15) is 13.6 Å². The van der Waals surface area contributed by atoms with Gasteiger partial charge in [0.25, 0.3) is 5.92 Å². The van der Waals surface area contributed by atoms with E-state index in [4.69, 9.17) is 16.3 Å². The number of halogens is 3. The topological polar surface area (TPSA) is 50.4 Å². The maximum absolute atomic E-state index is 12.9. The number of amides is 1. The highest BCUT2D eigenvalue weighted by molar-refractivity contribution is 6.30. The molecule has 1 aliphatic heterocycles. The van der Waals surface area contributed by atoms with Crippen LogP contribution in [0.4, 0.5) is 8.78 Å². The van der Waals surface area contributed by atoms with E-state index >= 15 is 0 Å². The van der Waals surface area contributed by atoms with E-state index in [0.29, 0.717) is 10.8 Å². The second kappa shape index (κ2) is 6.37. The number of ether oxygens (including phenoxy) is 1. The van der Waals surface area contributed by atoms with Gasteiger partial charge in [-0.2, -0.15) is 0 Å². The fraction of sp³-hybridized carbons (Fsp3) is 0.462. The Balaban J connectivity index is 1.67. The zero-order valence-corrected chi connectivity index (χ0v) is 11.4. The molecule has 1 aromatic carbocycles. The van der Waals surface area contributed by atoms with Crippen LogP contribution >= 0.6 is 11.6 Å². The van der Waals surface area contributed by atoms with Gasteiger partial charge in [-0.3, -0.25) is 10.1 Å². The fourth-order valence-electron chi connectivity index (χ4n) is 1.92. The summed E-state index contributed by atoms with van der Waals surface area (Å²) in [6.07, 6.45) is -0.464. The SMILES string of the molecule is O=C(NCCOc1cccc(Cl)c1)C1CC(F)(F)CN1. The van der Waals surface area contributed by atoms with Crippen LogP contribution in [0.15, 0.2) is 24.3 Å². The van der Waals surface area contributed by atoms with Crippen LogP contribution in [0.2, 0.25) is 5.02 Å². The summed E-state index contributed by atoms with van der Waals surface area (Å²) in [4.78, 5) is 11.6. The van der Waals surface area contributed by atoms with Crippen molar-refractivity contribution in [1.29, 1.82) is 0 Å². The average molecular weight is 305 g/mol. The van der Waals surface area contributed by atoms with Crippen molar-refractivity contribution >= 4 is 17.5 Å². The van der Waals surface area contributed by atoms with Gasteiger partial charge in [-0.05, 0) is 18.2 Å². The molecule has 1 aliphatic rings. The van der Waals surface area contributed by atoms with E-state index in [0.717, 1.165) is 0 Å². The highest BCUT2D eigenvalue weighted by atomic mass is 35.5. The van der Waals surface area contributed by atoms with Crippen LogP contribution in [0, 0.1) is 0 Å². The first kappa shape index (κ1) is 15.0. The van der Waals surface area contributed by atoms with E-state index in [1.54, 1.807) is 24.3 Å². The Bertz CT molecular complexity index is 485. The number of alkyl halides is 2. The van der Waals surface area contributed by atoms with Gasteiger partial charge in [-0.1, -0.05) is 17.7 Å². The summed E-state index contributed by atoms with van der Waals surface area (Å²) in [6, 6.07) is 6.04. The van der Waals surface area contributed by atoms with Crippen LogP contribution in [-0.2, 0) is 4.79 Å². The van der Waals surface area contributed by atoms with E-state index < -0.39 is 30.8 Å². The molecule has 0 spiro atoms. The molecule has 0 saturated carbocycles. The molecule has 0 radical (unpaired) electrons. The molecule has 2 rings (SSSR count). The Morgan fingerprint density at radius 1 is 1.55 bits per heavy atom. The normalized spacial score (nSPS) is 20.6. The largest absolute Gasteiger partial charge is 0.492 e. The summed E-state index contributed by atoms with van der Waals surface area (Å²) < 4.78 is 31.2. The average Bonchev–Trinajstić information content (AvgIpc) is 2.75. The van der Waals surface area contributed by atoms with Gasteiger partial charge in [-0.25, -0.2) is 8.78 Å². The molecule has 0 aliphatic carbocycles. The summed E-state index contributed by atoms with van der Waals surface area (Å²) in [5.41, 5.74) is 0. The van der Waals surface area contributed by atoms with Gasteiger partial charge < -0.3 is 10.1 Å². The third-order valence-corrected chi connectivity index (χ3v) is 3.13. The predicted octanol–water partition coefficient (Wildman–Crippen LogP) is 1.83. The van der Waals surface area contributed by atoms with Crippen molar-refractivity contribution in [3.8, 4) is 5.75 Å². The van der Waals surface area contributed by atoms with Gasteiger partial charge in [0.1, 0.15) is 12.4 Å². The molecular weight excluding hydrogens is 290 g/mol. The minimum absolute atomic E-state index is 0.245. The standard InChI is InChI=1S/C13H15ClF2N2O2/c14-9-2-1-3-10(6-9)20-5-4-17-12(19)11-7-13(15,16)8-18-11/h1-3,6,11,18H,4-5,7-8H2,(H,17,19). The lowest BCUT2D eigenvalue weighted by atomic mass is 10.2. The van der Waals surface area contributed by atoms with Crippen LogP contribution in [0.3, 0.4) is 0 Å². The second-order valence-electron chi connectivity index (χ2n) is 4.59. The Morgan fingerprint density at radius 2 is 2.35 bits per heavy atom. The minimum Gasteiger partial charge on any atom is -0.492 e. The highest BCUT2D eigenvalue weighted by Crippen LogP contribution is 2.25. The molecule has 0 aromatic heterocycles. The van der Waals surface area contributed by atoms with E-state index in [1.807, 2.05) is 0 Å². The smallest absolute Gasteiger partial charge is 0.262 e. The number of benzene rings is 1. The molecule has 2 N–H and O–H groups in total. The molecule has 0 bridgehead atoms. The van der Waals surface area contributed by atoms with Crippen molar-refractivity contribution in [2.45, 2.75) is 18.4 Å². The highest BCUT2D eigenvalue weighted by Gasteiger charge is 2.42. The third kappa shape index (κ3) is 4.31. The first-order valence-corrected chi connectivity index (χ1v) is 6.61. The summed E-state index contributed by atoms with van der Waals surface area (Å²) >= 11 is 5.79. The van der Waals surface area contributed by atoms with E-state index in [1.165, 1.54) is 0 Å². The van der Waals surface area contributed by atoms with E-state index in [2.05, 4.69) is 10.6 Å². The van der Waals surface area contributed by atoms with Crippen LogP contribution in [0.25, 0.3) is 0 Å². The molecule has 110 valence electrons. The van der Waals surface area contributed by atoms with Crippen molar-refractivity contribution in [2.24, 2.45) is 0 Å². The first-order chi connectivity index (χ1) is 9.46. The van der Waals surface area contributed by atoms with Crippen LogP contribution in [0.1, 0.15) is 6.42 Å². The molecular formula is C13H15ClF2N2O2. The summed E-state index contributed by atoms with van der Waals surface area (Å²) in [6.45, 7) is 0.0361. The second-order valence-corrected chi connectivity index (χ2v) is 5.03. The lowest BCUT2D eigenvalue weighted by Gasteiger charge is -2.12. The Morgan fingerprint density at radius 3 is 3.00 bits per heavy atom. The molecule has 1 atom stereocenters. The molecule has 1 aromatic rings.